The van der Waals surface area contributed by atoms with Crippen LogP contribution in [0, 0.1) is 5.92 Å². The molecule has 0 spiro atoms. The second kappa shape index (κ2) is 9.15. The van der Waals surface area contributed by atoms with Gasteiger partial charge in [-0.2, -0.15) is 0 Å². The predicted molar refractivity (Wildman–Crippen MR) is 96.5 cm³/mol. The Balaban J connectivity index is 1.67. The molecular weight excluding hydrogens is 330 g/mol. The molecule has 5 heteroatoms. The van der Waals surface area contributed by atoms with E-state index in [0.29, 0.717) is 38.9 Å². The van der Waals surface area contributed by atoms with E-state index in [4.69, 9.17) is 9.57 Å². The van der Waals surface area contributed by atoms with Gasteiger partial charge in [0.05, 0.1) is 6.54 Å². The van der Waals surface area contributed by atoms with Crippen molar-refractivity contribution in [2.24, 2.45) is 5.92 Å². The molecule has 5 nitrogen and oxygen atoms in total. The maximum absolute atomic E-state index is 13.0. The highest BCUT2D eigenvalue weighted by molar-refractivity contribution is 5.78. The molecule has 0 bridgehead atoms. The van der Waals surface area contributed by atoms with Crippen LogP contribution in [0.25, 0.3) is 0 Å². The molecule has 136 valence electrons. The third-order valence-corrected chi connectivity index (χ3v) is 4.63. The average molecular weight is 353 g/mol. The van der Waals surface area contributed by atoms with E-state index in [9.17, 15) is 9.59 Å². The number of amides is 1. The quantitative estimate of drug-likeness (QED) is 0.538. The van der Waals surface area contributed by atoms with Gasteiger partial charge in [0, 0.05) is 5.92 Å². The van der Waals surface area contributed by atoms with E-state index in [1.165, 1.54) is 5.06 Å². The number of ether oxygens (including phenoxy) is 1. The number of hydrogen-bond acceptors (Lipinski definition) is 4. The first-order valence-corrected chi connectivity index (χ1v) is 8.87. The normalized spacial score (nSPS) is 19.1. The van der Waals surface area contributed by atoms with Gasteiger partial charge in [-0.1, -0.05) is 60.7 Å². The Labute approximate surface area is 153 Å². The van der Waals surface area contributed by atoms with Gasteiger partial charge >= 0.3 is 0 Å². The Morgan fingerprint density at radius 2 is 1.65 bits per heavy atom. The standard InChI is InChI=1S/C21H23NO4/c23-16-25-20-12-11-19(13-20)21(24)22(14-17-7-3-1-4-8-17)26-15-18-9-5-2-6-10-18/h1-10,16,19-20H,11-15H2. The van der Waals surface area contributed by atoms with Crippen molar-refractivity contribution in [2.45, 2.75) is 38.5 Å². The van der Waals surface area contributed by atoms with Crippen LogP contribution in [0.1, 0.15) is 30.4 Å². The highest BCUT2D eigenvalue weighted by Gasteiger charge is 2.34. The minimum atomic E-state index is -0.181. The summed E-state index contributed by atoms with van der Waals surface area (Å²) in [6.45, 7) is 1.19. The van der Waals surface area contributed by atoms with Gasteiger partial charge in [-0.05, 0) is 30.4 Å². The van der Waals surface area contributed by atoms with E-state index < -0.39 is 0 Å². The summed E-state index contributed by atoms with van der Waals surface area (Å²) in [7, 11) is 0. The van der Waals surface area contributed by atoms with Crippen molar-refractivity contribution in [3.8, 4) is 0 Å². The lowest BCUT2D eigenvalue weighted by Crippen LogP contribution is -2.35. The average Bonchev–Trinajstić information content (AvgIpc) is 3.15. The summed E-state index contributed by atoms with van der Waals surface area (Å²) in [6.07, 6.45) is 1.80. The lowest BCUT2D eigenvalue weighted by atomic mass is 10.1. The lowest BCUT2D eigenvalue weighted by molar-refractivity contribution is -0.200. The van der Waals surface area contributed by atoms with Crippen molar-refractivity contribution in [1.29, 1.82) is 0 Å². The molecule has 1 aliphatic rings. The molecule has 0 heterocycles. The Hall–Kier alpha value is -2.66. The van der Waals surface area contributed by atoms with E-state index in [2.05, 4.69) is 0 Å². The van der Waals surface area contributed by atoms with Crippen molar-refractivity contribution < 1.29 is 19.2 Å². The molecule has 0 radical (unpaired) electrons. The molecule has 2 atom stereocenters. The van der Waals surface area contributed by atoms with Crippen LogP contribution in [0.3, 0.4) is 0 Å². The van der Waals surface area contributed by atoms with Crippen LogP contribution >= 0.6 is 0 Å². The van der Waals surface area contributed by atoms with Gasteiger partial charge in [0.15, 0.2) is 0 Å². The number of benzene rings is 2. The Morgan fingerprint density at radius 1 is 1.00 bits per heavy atom. The van der Waals surface area contributed by atoms with Crippen LogP contribution in [-0.2, 0) is 32.3 Å². The lowest BCUT2D eigenvalue weighted by Gasteiger charge is -2.25. The minimum Gasteiger partial charge on any atom is -0.465 e. The monoisotopic (exact) mass is 353 g/mol. The zero-order valence-corrected chi connectivity index (χ0v) is 14.6. The van der Waals surface area contributed by atoms with E-state index in [0.717, 1.165) is 11.1 Å². The maximum Gasteiger partial charge on any atom is 0.293 e. The topological polar surface area (TPSA) is 55.8 Å². The zero-order chi connectivity index (χ0) is 18.2. The van der Waals surface area contributed by atoms with Crippen molar-refractivity contribution in [3.63, 3.8) is 0 Å². The van der Waals surface area contributed by atoms with Crippen LogP contribution in [0.4, 0.5) is 0 Å². The van der Waals surface area contributed by atoms with Crippen LogP contribution in [0.15, 0.2) is 60.7 Å². The fourth-order valence-electron chi connectivity index (χ4n) is 3.23. The van der Waals surface area contributed by atoms with Gasteiger partial charge < -0.3 is 4.74 Å². The van der Waals surface area contributed by atoms with Crippen molar-refractivity contribution in [1.82, 2.24) is 5.06 Å². The highest BCUT2D eigenvalue weighted by Crippen LogP contribution is 2.29. The fraction of sp³-hybridized carbons (Fsp3) is 0.333. The van der Waals surface area contributed by atoms with Crippen LogP contribution < -0.4 is 0 Å². The Bertz CT molecular complexity index is 704. The molecule has 0 N–H and O–H groups in total. The van der Waals surface area contributed by atoms with Gasteiger partial charge in [0.2, 0.25) is 5.91 Å². The summed E-state index contributed by atoms with van der Waals surface area (Å²) in [5.74, 6) is -0.235. The SMILES string of the molecule is O=COC1CCC(C(=O)N(Cc2ccccc2)OCc2ccccc2)C1. The third kappa shape index (κ3) is 4.92. The van der Waals surface area contributed by atoms with Gasteiger partial charge in [0.25, 0.3) is 6.47 Å². The summed E-state index contributed by atoms with van der Waals surface area (Å²) in [5.41, 5.74) is 2.01. The molecule has 0 aliphatic heterocycles. The van der Waals surface area contributed by atoms with Crippen molar-refractivity contribution in [3.05, 3.63) is 71.8 Å². The number of rotatable bonds is 8. The molecule has 3 rings (SSSR count). The molecule has 2 unspecified atom stereocenters. The van der Waals surface area contributed by atoms with Crippen LogP contribution in [0.2, 0.25) is 0 Å². The van der Waals surface area contributed by atoms with E-state index in [-0.39, 0.29) is 17.9 Å². The van der Waals surface area contributed by atoms with Gasteiger partial charge in [0.1, 0.15) is 12.7 Å². The first-order valence-electron chi connectivity index (χ1n) is 8.87. The summed E-state index contributed by atoms with van der Waals surface area (Å²) in [5, 5.41) is 1.45. The zero-order valence-electron chi connectivity index (χ0n) is 14.6. The van der Waals surface area contributed by atoms with Gasteiger partial charge in [-0.25, -0.2) is 5.06 Å². The maximum atomic E-state index is 13.0. The van der Waals surface area contributed by atoms with Crippen molar-refractivity contribution in [2.75, 3.05) is 0 Å². The molecule has 1 fully saturated rings. The number of hydroxylamine groups is 2. The number of carbonyl (C=O) groups is 2. The Morgan fingerprint density at radius 3 is 2.31 bits per heavy atom. The Kier molecular flexibility index (Phi) is 6.39. The van der Waals surface area contributed by atoms with E-state index >= 15 is 0 Å². The van der Waals surface area contributed by atoms with Gasteiger partial charge in [-0.15, -0.1) is 0 Å². The van der Waals surface area contributed by atoms with Crippen molar-refractivity contribution >= 4 is 12.4 Å². The molecule has 26 heavy (non-hydrogen) atoms. The molecule has 1 aliphatic carbocycles. The van der Waals surface area contributed by atoms with E-state index in [1.54, 1.807) is 0 Å². The molecule has 1 saturated carbocycles. The summed E-state index contributed by atoms with van der Waals surface area (Å²) in [6, 6.07) is 19.5. The van der Waals surface area contributed by atoms with E-state index in [1.807, 2.05) is 60.7 Å². The van der Waals surface area contributed by atoms with Crippen LogP contribution in [0.5, 0.6) is 0 Å². The number of carbonyl (C=O) groups excluding carboxylic acids is 2. The number of nitrogens with zero attached hydrogens (tertiary/aromatic N) is 1. The minimum absolute atomic E-state index is 0.0539. The first-order chi connectivity index (χ1) is 12.8. The van der Waals surface area contributed by atoms with Crippen LogP contribution in [-0.4, -0.2) is 23.5 Å². The molecule has 1 amide bonds. The first kappa shape index (κ1) is 18.1. The predicted octanol–water partition coefficient (Wildman–Crippen LogP) is 3.49. The molecule has 2 aromatic rings. The fourth-order valence-corrected chi connectivity index (χ4v) is 3.23. The summed E-state index contributed by atoms with van der Waals surface area (Å²) >= 11 is 0. The third-order valence-electron chi connectivity index (χ3n) is 4.63. The highest BCUT2D eigenvalue weighted by atomic mass is 16.7. The second-order valence-corrected chi connectivity index (χ2v) is 6.48. The molecule has 2 aromatic carbocycles. The largest absolute Gasteiger partial charge is 0.465 e. The summed E-state index contributed by atoms with van der Waals surface area (Å²) < 4.78 is 5.02. The molecule has 0 saturated heterocycles. The molecular formula is C21H23NO4. The molecule has 0 aromatic heterocycles. The summed E-state index contributed by atoms with van der Waals surface area (Å²) in [4.78, 5) is 29.4. The smallest absolute Gasteiger partial charge is 0.293 e. The van der Waals surface area contributed by atoms with Gasteiger partial charge in [-0.3, -0.25) is 14.4 Å². The number of hydrogen-bond donors (Lipinski definition) is 0. The second-order valence-electron chi connectivity index (χ2n) is 6.48.